The summed E-state index contributed by atoms with van der Waals surface area (Å²) < 4.78 is 5.48. The molecule has 1 aliphatic rings. The van der Waals surface area contributed by atoms with E-state index in [1.807, 2.05) is 54.6 Å². The molecule has 0 aromatic heterocycles. The van der Waals surface area contributed by atoms with E-state index < -0.39 is 11.9 Å². The van der Waals surface area contributed by atoms with E-state index in [1.165, 1.54) is 0 Å². The molecule has 5 heteroatoms. The van der Waals surface area contributed by atoms with Crippen LogP contribution in [0.2, 0.25) is 0 Å². The van der Waals surface area contributed by atoms with Crippen molar-refractivity contribution in [2.75, 3.05) is 13.2 Å². The molecule has 0 saturated heterocycles. The quantitative estimate of drug-likeness (QED) is 0.917. The van der Waals surface area contributed by atoms with E-state index in [1.54, 1.807) is 4.90 Å². The lowest BCUT2D eigenvalue weighted by atomic mass is 9.90. The second kappa shape index (κ2) is 7.27. The number of nitrogens with zero attached hydrogens (tertiary/aromatic N) is 1. The van der Waals surface area contributed by atoms with Crippen LogP contribution in [0.3, 0.4) is 0 Å². The van der Waals surface area contributed by atoms with E-state index in [0.717, 1.165) is 16.7 Å². The van der Waals surface area contributed by atoms with Crippen molar-refractivity contribution in [2.45, 2.75) is 19.1 Å². The third-order valence-electron chi connectivity index (χ3n) is 4.18. The van der Waals surface area contributed by atoms with Crippen LogP contribution in [0, 0.1) is 0 Å². The Morgan fingerprint density at radius 2 is 1.79 bits per heavy atom. The van der Waals surface area contributed by atoms with Crippen LogP contribution in [-0.4, -0.2) is 35.0 Å². The molecule has 1 atom stereocenters. The lowest BCUT2D eigenvalue weighted by Crippen LogP contribution is -2.42. The van der Waals surface area contributed by atoms with Crippen molar-refractivity contribution < 1.29 is 19.4 Å². The zero-order valence-corrected chi connectivity index (χ0v) is 13.2. The lowest BCUT2D eigenvalue weighted by Gasteiger charge is -2.32. The summed E-state index contributed by atoms with van der Waals surface area (Å²) in [4.78, 5) is 25.5. The van der Waals surface area contributed by atoms with Gasteiger partial charge in [0.05, 0.1) is 12.5 Å². The Morgan fingerprint density at radius 1 is 1.08 bits per heavy atom. The summed E-state index contributed by atoms with van der Waals surface area (Å²) in [6.07, 6.45) is 0. The fourth-order valence-electron chi connectivity index (χ4n) is 2.93. The average molecular weight is 325 g/mol. The summed E-state index contributed by atoms with van der Waals surface area (Å²) in [5, 5.41) is 9.44. The number of rotatable bonds is 5. The minimum Gasteiger partial charge on any atom is -0.481 e. The predicted molar refractivity (Wildman–Crippen MR) is 88.3 cm³/mol. The predicted octanol–water partition coefficient (Wildman–Crippen LogP) is 2.41. The van der Waals surface area contributed by atoms with Gasteiger partial charge in [0.25, 0.3) is 0 Å². The number of fused-ring (bicyclic) bond motifs is 1. The number of ether oxygens (including phenoxy) is 1. The molecular formula is C19H19NO4. The van der Waals surface area contributed by atoms with Gasteiger partial charge in [-0.2, -0.15) is 0 Å². The van der Waals surface area contributed by atoms with Gasteiger partial charge in [-0.15, -0.1) is 0 Å². The third kappa shape index (κ3) is 3.63. The molecule has 0 spiro atoms. The number of carboxylic acid groups (broad SMARTS) is 1. The minimum atomic E-state index is -0.912. The smallest absolute Gasteiger partial charge is 0.312 e. The normalized spacial score (nSPS) is 16.5. The van der Waals surface area contributed by atoms with Gasteiger partial charge in [-0.1, -0.05) is 54.6 Å². The molecule has 0 bridgehead atoms. The summed E-state index contributed by atoms with van der Waals surface area (Å²) in [5.74, 6) is -1.79. The van der Waals surface area contributed by atoms with Crippen LogP contribution < -0.4 is 0 Å². The van der Waals surface area contributed by atoms with Gasteiger partial charge in [-0.25, -0.2) is 0 Å². The summed E-state index contributed by atoms with van der Waals surface area (Å²) in [6.45, 7) is 0.913. The Bertz CT molecular complexity index is 729. The number of carbonyl (C=O) groups is 2. The first-order valence-electron chi connectivity index (χ1n) is 7.85. The van der Waals surface area contributed by atoms with E-state index >= 15 is 0 Å². The maximum atomic E-state index is 12.4. The van der Waals surface area contributed by atoms with Crippen LogP contribution >= 0.6 is 0 Å². The Morgan fingerprint density at radius 3 is 2.54 bits per heavy atom. The van der Waals surface area contributed by atoms with Crippen molar-refractivity contribution in [1.29, 1.82) is 0 Å². The van der Waals surface area contributed by atoms with Crippen LogP contribution in [-0.2, 0) is 27.5 Å². The number of hydrogen-bond donors (Lipinski definition) is 1. The Hall–Kier alpha value is -2.66. The summed E-state index contributed by atoms with van der Waals surface area (Å²) in [6, 6.07) is 17.0. The molecule has 2 aromatic rings. The van der Waals surface area contributed by atoms with E-state index in [0.29, 0.717) is 13.2 Å². The van der Waals surface area contributed by atoms with Crippen LogP contribution in [0.1, 0.15) is 22.6 Å². The van der Waals surface area contributed by atoms with Crippen molar-refractivity contribution in [2.24, 2.45) is 0 Å². The average Bonchev–Trinajstić information content (AvgIpc) is 2.61. The molecule has 1 amide bonds. The van der Waals surface area contributed by atoms with Gasteiger partial charge in [0.2, 0.25) is 5.91 Å². The molecule has 2 aromatic carbocycles. The van der Waals surface area contributed by atoms with E-state index in [4.69, 9.17) is 4.74 Å². The zero-order valence-electron chi connectivity index (χ0n) is 13.2. The second-order valence-corrected chi connectivity index (χ2v) is 5.84. The van der Waals surface area contributed by atoms with Gasteiger partial charge in [0, 0.05) is 13.1 Å². The largest absolute Gasteiger partial charge is 0.481 e. The number of carboxylic acids is 1. The van der Waals surface area contributed by atoms with Crippen molar-refractivity contribution in [3.8, 4) is 0 Å². The molecule has 1 unspecified atom stereocenters. The molecular weight excluding hydrogens is 306 g/mol. The zero-order chi connectivity index (χ0) is 16.9. The summed E-state index contributed by atoms with van der Waals surface area (Å²) in [7, 11) is 0. The second-order valence-electron chi connectivity index (χ2n) is 5.84. The molecule has 0 fully saturated rings. The van der Waals surface area contributed by atoms with Crippen molar-refractivity contribution in [3.63, 3.8) is 0 Å². The summed E-state index contributed by atoms with van der Waals surface area (Å²) >= 11 is 0. The first-order chi connectivity index (χ1) is 11.6. The molecule has 5 nitrogen and oxygen atoms in total. The minimum absolute atomic E-state index is 0.0522. The Kier molecular flexibility index (Phi) is 4.91. The Balaban J connectivity index is 1.62. The highest BCUT2D eigenvalue weighted by atomic mass is 16.5. The summed E-state index contributed by atoms with van der Waals surface area (Å²) in [5.41, 5.74) is 2.67. The third-order valence-corrected chi connectivity index (χ3v) is 4.18. The van der Waals surface area contributed by atoms with Gasteiger partial charge in [-0.3, -0.25) is 9.59 Å². The standard InChI is InChI=1S/C19H19NO4/c21-18(13-24-12-14-6-2-1-3-7-14)20-10-15-8-4-5-9-16(15)17(11-20)19(22)23/h1-9,17H,10-13H2,(H,22,23). The molecule has 3 rings (SSSR count). The van der Waals surface area contributed by atoms with Gasteiger partial charge >= 0.3 is 5.97 Å². The molecule has 0 saturated carbocycles. The fraction of sp³-hybridized carbons (Fsp3) is 0.263. The van der Waals surface area contributed by atoms with E-state index in [-0.39, 0.29) is 19.1 Å². The molecule has 1 heterocycles. The van der Waals surface area contributed by atoms with Crippen LogP contribution in [0.15, 0.2) is 54.6 Å². The van der Waals surface area contributed by atoms with E-state index in [2.05, 4.69) is 0 Å². The number of hydrogen-bond acceptors (Lipinski definition) is 3. The van der Waals surface area contributed by atoms with Gasteiger partial charge in [0.1, 0.15) is 6.61 Å². The number of aliphatic carboxylic acids is 1. The molecule has 124 valence electrons. The van der Waals surface area contributed by atoms with Gasteiger partial charge in [-0.05, 0) is 16.7 Å². The highest BCUT2D eigenvalue weighted by molar-refractivity contribution is 5.82. The fourth-order valence-corrected chi connectivity index (χ4v) is 2.93. The highest BCUT2D eigenvalue weighted by Gasteiger charge is 2.32. The van der Waals surface area contributed by atoms with Gasteiger partial charge in [0.15, 0.2) is 0 Å². The first-order valence-corrected chi connectivity index (χ1v) is 7.85. The molecule has 1 N–H and O–H groups in total. The number of amides is 1. The molecule has 24 heavy (non-hydrogen) atoms. The number of carbonyl (C=O) groups excluding carboxylic acids is 1. The SMILES string of the molecule is O=C(O)C1CN(C(=O)COCc2ccccc2)Cc2ccccc21. The lowest BCUT2D eigenvalue weighted by molar-refractivity contribution is -0.143. The maximum Gasteiger partial charge on any atom is 0.312 e. The molecule has 1 aliphatic heterocycles. The Labute approximate surface area is 140 Å². The molecule has 0 radical (unpaired) electrons. The number of benzene rings is 2. The van der Waals surface area contributed by atoms with Crippen LogP contribution in [0.4, 0.5) is 0 Å². The van der Waals surface area contributed by atoms with Crippen molar-refractivity contribution >= 4 is 11.9 Å². The molecule has 0 aliphatic carbocycles. The van der Waals surface area contributed by atoms with Crippen LogP contribution in [0.5, 0.6) is 0 Å². The monoisotopic (exact) mass is 325 g/mol. The van der Waals surface area contributed by atoms with Crippen molar-refractivity contribution in [1.82, 2.24) is 4.90 Å². The van der Waals surface area contributed by atoms with Gasteiger partial charge < -0.3 is 14.7 Å². The maximum absolute atomic E-state index is 12.4. The van der Waals surface area contributed by atoms with Crippen LogP contribution in [0.25, 0.3) is 0 Å². The van der Waals surface area contributed by atoms with E-state index in [9.17, 15) is 14.7 Å². The highest BCUT2D eigenvalue weighted by Crippen LogP contribution is 2.28. The van der Waals surface area contributed by atoms with Crippen molar-refractivity contribution in [3.05, 3.63) is 71.3 Å². The topological polar surface area (TPSA) is 66.8 Å². The first kappa shape index (κ1) is 16.2.